The van der Waals surface area contributed by atoms with E-state index in [9.17, 15) is 0 Å². The third-order valence-corrected chi connectivity index (χ3v) is 9.82. The van der Waals surface area contributed by atoms with E-state index in [-0.39, 0.29) is 5.41 Å². The van der Waals surface area contributed by atoms with Gasteiger partial charge in [-0.1, -0.05) is 80.2 Å². The molecule has 31 heavy (non-hydrogen) atoms. The molecule has 0 spiro atoms. The first-order chi connectivity index (χ1) is 13.9. The topological polar surface area (TPSA) is 3.88 Å². The largest absolute Gasteiger partial charge is 0.212 e. The lowest BCUT2D eigenvalue weighted by Gasteiger charge is -2.38. The SMILES string of the molecule is Cc1cc(C(C)(C)C)ccc1-c1cc([Si](C)(C)C)c(C2C(C)(C)CCC2(C)C)c[n+]1C. The van der Waals surface area contributed by atoms with E-state index in [2.05, 4.69) is 117 Å². The monoisotopic (exact) mass is 436 g/mol. The Bertz CT molecular complexity index is 967. The number of pyridine rings is 1. The van der Waals surface area contributed by atoms with Gasteiger partial charge in [0.25, 0.3) is 0 Å². The van der Waals surface area contributed by atoms with E-state index in [1.807, 2.05) is 0 Å². The van der Waals surface area contributed by atoms with Crippen molar-refractivity contribution in [1.29, 1.82) is 0 Å². The van der Waals surface area contributed by atoms with Gasteiger partial charge >= 0.3 is 0 Å². The van der Waals surface area contributed by atoms with E-state index in [0.717, 1.165) is 0 Å². The summed E-state index contributed by atoms with van der Waals surface area (Å²) in [6.07, 6.45) is 5.13. The predicted octanol–water partition coefficient (Wildman–Crippen LogP) is 7.26. The van der Waals surface area contributed by atoms with Gasteiger partial charge in [0.1, 0.15) is 7.05 Å². The summed E-state index contributed by atoms with van der Waals surface area (Å²) in [6.45, 7) is 26.7. The number of hydrogen-bond acceptors (Lipinski definition) is 0. The minimum absolute atomic E-state index is 0.179. The molecule has 170 valence electrons. The van der Waals surface area contributed by atoms with Crippen LogP contribution in [-0.4, -0.2) is 8.07 Å². The highest BCUT2D eigenvalue weighted by molar-refractivity contribution is 6.89. The van der Waals surface area contributed by atoms with E-state index in [0.29, 0.717) is 16.7 Å². The van der Waals surface area contributed by atoms with Crippen molar-refractivity contribution in [2.24, 2.45) is 17.9 Å². The molecule has 0 N–H and O–H groups in total. The third-order valence-electron chi connectivity index (χ3n) is 7.77. The fourth-order valence-corrected chi connectivity index (χ4v) is 7.71. The van der Waals surface area contributed by atoms with E-state index in [1.165, 1.54) is 35.2 Å². The quantitative estimate of drug-likeness (QED) is 0.352. The van der Waals surface area contributed by atoms with Crippen molar-refractivity contribution < 1.29 is 4.57 Å². The van der Waals surface area contributed by atoms with E-state index in [1.54, 1.807) is 10.8 Å². The van der Waals surface area contributed by atoms with Gasteiger partial charge in [-0.2, -0.15) is 0 Å². The summed E-state index contributed by atoms with van der Waals surface area (Å²) in [6, 6.07) is 9.63. The molecule has 2 heteroatoms. The molecule has 1 heterocycles. The molecule has 1 nitrogen and oxygen atoms in total. The normalized spacial score (nSPS) is 19.1. The number of aromatic nitrogens is 1. The molecule has 0 saturated heterocycles. The Morgan fingerprint density at radius 3 is 1.94 bits per heavy atom. The van der Waals surface area contributed by atoms with Crippen LogP contribution < -0.4 is 9.75 Å². The van der Waals surface area contributed by atoms with Gasteiger partial charge in [-0.3, -0.25) is 0 Å². The van der Waals surface area contributed by atoms with Crippen LogP contribution in [0.25, 0.3) is 11.3 Å². The van der Waals surface area contributed by atoms with E-state index >= 15 is 0 Å². The second kappa shape index (κ2) is 7.58. The number of nitrogens with zero attached hydrogens (tertiary/aromatic N) is 1. The van der Waals surface area contributed by atoms with Crippen LogP contribution in [-0.2, 0) is 12.5 Å². The molecule has 1 saturated carbocycles. The van der Waals surface area contributed by atoms with Crippen molar-refractivity contribution in [3.8, 4) is 11.3 Å². The van der Waals surface area contributed by atoms with Crippen molar-refractivity contribution >= 4 is 13.3 Å². The van der Waals surface area contributed by atoms with Crippen molar-refractivity contribution in [2.45, 2.75) is 99.2 Å². The standard InChI is InChI=1S/C29H46NSi/c1-20-17-21(27(2,3)4)13-14-22(20)24-18-25(31(10,11)12)23(19-30(24)9)26-28(5,6)15-16-29(26,7)8/h13-14,17-19,26H,15-16H2,1-12H3/q+1. The molecule has 1 aromatic carbocycles. The summed E-state index contributed by atoms with van der Waals surface area (Å²) in [5.41, 5.74) is 7.99. The van der Waals surface area contributed by atoms with Crippen molar-refractivity contribution in [3.63, 3.8) is 0 Å². The molecular formula is C29H46NSi+. The van der Waals surface area contributed by atoms with Gasteiger partial charge in [-0.15, -0.1) is 0 Å². The van der Waals surface area contributed by atoms with Gasteiger partial charge in [0.15, 0.2) is 6.20 Å². The summed E-state index contributed by atoms with van der Waals surface area (Å²) in [7, 11) is 0.720. The fourth-order valence-electron chi connectivity index (χ4n) is 6.07. The second-order valence-corrected chi connectivity index (χ2v) is 18.6. The molecular weight excluding hydrogens is 390 g/mol. The van der Waals surface area contributed by atoms with Crippen LogP contribution in [0, 0.1) is 17.8 Å². The van der Waals surface area contributed by atoms with Gasteiger partial charge in [0.05, 0.1) is 8.07 Å². The smallest absolute Gasteiger partial charge is 0.201 e. The lowest BCUT2D eigenvalue weighted by Crippen LogP contribution is -2.47. The van der Waals surface area contributed by atoms with Crippen molar-refractivity contribution in [3.05, 3.63) is 47.2 Å². The predicted molar refractivity (Wildman–Crippen MR) is 139 cm³/mol. The minimum atomic E-state index is -1.53. The number of rotatable bonds is 3. The van der Waals surface area contributed by atoms with E-state index in [4.69, 9.17) is 0 Å². The zero-order chi connectivity index (χ0) is 23.6. The molecule has 1 aromatic heterocycles. The Kier molecular flexibility index (Phi) is 5.92. The zero-order valence-corrected chi connectivity index (χ0v) is 23.3. The lowest BCUT2D eigenvalue weighted by molar-refractivity contribution is -0.660. The minimum Gasteiger partial charge on any atom is -0.201 e. The Hall–Kier alpha value is -1.41. The summed E-state index contributed by atoms with van der Waals surface area (Å²) in [5.74, 6) is 0.603. The summed E-state index contributed by atoms with van der Waals surface area (Å²) < 4.78 is 2.41. The van der Waals surface area contributed by atoms with Gasteiger partial charge in [-0.05, 0) is 64.3 Å². The highest BCUT2D eigenvalue weighted by Crippen LogP contribution is 2.58. The summed E-state index contributed by atoms with van der Waals surface area (Å²) in [5, 5.41) is 1.65. The van der Waals surface area contributed by atoms with Crippen LogP contribution in [0.15, 0.2) is 30.5 Å². The first-order valence-electron chi connectivity index (χ1n) is 12.1. The maximum atomic E-state index is 2.56. The number of hydrogen-bond donors (Lipinski definition) is 0. The molecule has 0 amide bonds. The summed E-state index contributed by atoms with van der Waals surface area (Å²) in [4.78, 5) is 0. The maximum Gasteiger partial charge on any atom is 0.212 e. The van der Waals surface area contributed by atoms with Crippen LogP contribution in [0.2, 0.25) is 19.6 Å². The molecule has 0 aliphatic heterocycles. The fraction of sp³-hybridized carbons (Fsp3) is 0.621. The van der Waals surface area contributed by atoms with Gasteiger partial charge in [-0.25, -0.2) is 4.57 Å². The molecule has 1 fully saturated rings. The number of benzene rings is 1. The Morgan fingerprint density at radius 2 is 1.48 bits per heavy atom. The van der Waals surface area contributed by atoms with Crippen LogP contribution in [0.3, 0.4) is 0 Å². The second-order valence-electron chi connectivity index (χ2n) is 13.6. The molecule has 1 aliphatic carbocycles. The Morgan fingerprint density at radius 1 is 0.935 bits per heavy atom. The first-order valence-corrected chi connectivity index (χ1v) is 15.6. The molecule has 0 bridgehead atoms. The van der Waals surface area contributed by atoms with E-state index < -0.39 is 8.07 Å². The van der Waals surface area contributed by atoms with Crippen molar-refractivity contribution in [1.82, 2.24) is 0 Å². The molecule has 0 radical (unpaired) electrons. The Balaban J connectivity index is 2.24. The third kappa shape index (κ3) is 4.56. The molecule has 0 unspecified atom stereocenters. The Labute approximate surface area is 193 Å². The number of aryl methyl sites for hydroxylation is 2. The molecule has 0 atom stereocenters. The maximum absolute atomic E-state index is 2.56. The van der Waals surface area contributed by atoms with Gasteiger partial charge in [0.2, 0.25) is 5.69 Å². The van der Waals surface area contributed by atoms with Gasteiger partial charge in [0, 0.05) is 17.2 Å². The molecule has 1 aliphatic rings. The van der Waals surface area contributed by atoms with Crippen LogP contribution in [0.1, 0.15) is 83.9 Å². The lowest BCUT2D eigenvalue weighted by atomic mass is 9.69. The van der Waals surface area contributed by atoms with Crippen LogP contribution >= 0.6 is 0 Å². The summed E-state index contributed by atoms with van der Waals surface area (Å²) >= 11 is 0. The highest BCUT2D eigenvalue weighted by atomic mass is 28.3. The molecule has 2 aromatic rings. The first kappa shape index (κ1) is 24.2. The van der Waals surface area contributed by atoms with Gasteiger partial charge < -0.3 is 0 Å². The average Bonchev–Trinajstić information content (AvgIpc) is 2.81. The van der Waals surface area contributed by atoms with Crippen LogP contribution in [0.4, 0.5) is 0 Å². The highest BCUT2D eigenvalue weighted by Gasteiger charge is 2.50. The van der Waals surface area contributed by atoms with Crippen molar-refractivity contribution in [2.75, 3.05) is 0 Å². The average molecular weight is 437 g/mol. The zero-order valence-electron chi connectivity index (χ0n) is 22.3. The molecule has 3 rings (SSSR count). The van der Waals surface area contributed by atoms with Crippen LogP contribution in [0.5, 0.6) is 0 Å².